The van der Waals surface area contributed by atoms with Crippen LogP contribution in [0.25, 0.3) is 0 Å². The quantitative estimate of drug-likeness (QED) is 0.635. The van der Waals surface area contributed by atoms with Gasteiger partial charge in [-0.1, -0.05) is 17.7 Å². The zero-order valence-electron chi connectivity index (χ0n) is 12.7. The maximum Gasteiger partial charge on any atom is 0.303 e. The zero-order valence-corrected chi connectivity index (χ0v) is 12.7. The van der Waals surface area contributed by atoms with Crippen molar-refractivity contribution in [3.8, 4) is 0 Å². The van der Waals surface area contributed by atoms with Gasteiger partial charge in [-0.2, -0.15) is 0 Å². The highest BCUT2D eigenvalue weighted by molar-refractivity contribution is 6.01. The first-order chi connectivity index (χ1) is 9.81. The molecule has 2 atom stereocenters. The van der Waals surface area contributed by atoms with Crippen LogP contribution >= 0.6 is 0 Å². The van der Waals surface area contributed by atoms with Crippen LogP contribution in [-0.2, 0) is 4.79 Å². The van der Waals surface area contributed by atoms with E-state index >= 15 is 0 Å². The van der Waals surface area contributed by atoms with Crippen LogP contribution in [0, 0.1) is 13.8 Å². The number of carbonyl (C=O) groups is 2. The van der Waals surface area contributed by atoms with Gasteiger partial charge < -0.3 is 15.5 Å². The molecule has 0 aliphatic carbocycles. The summed E-state index contributed by atoms with van der Waals surface area (Å²) in [6.07, 6.45) is -0.480. The topological polar surface area (TPSA) is 86.6 Å². The number of rotatable bonds is 8. The molecule has 0 aliphatic rings. The molecular weight excluding hydrogens is 270 g/mol. The Morgan fingerprint density at radius 1 is 1.29 bits per heavy atom. The van der Waals surface area contributed by atoms with Gasteiger partial charge >= 0.3 is 5.97 Å². The molecule has 1 aromatic rings. The lowest BCUT2D eigenvalue weighted by atomic mass is 9.95. The second-order valence-corrected chi connectivity index (χ2v) is 5.42. The van der Waals surface area contributed by atoms with Crippen molar-refractivity contribution >= 4 is 11.8 Å². The molecule has 0 bridgehead atoms. The molecule has 0 heterocycles. The van der Waals surface area contributed by atoms with E-state index in [0.717, 1.165) is 11.1 Å². The Kier molecular flexibility index (Phi) is 6.52. The van der Waals surface area contributed by atoms with Crippen LogP contribution in [0.15, 0.2) is 18.2 Å². The van der Waals surface area contributed by atoms with E-state index in [1.165, 1.54) is 0 Å². The molecule has 3 N–H and O–H groups in total. The van der Waals surface area contributed by atoms with Crippen molar-refractivity contribution in [2.75, 3.05) is 6.54 Å². The normalized spacial score (nSPS) is 13.7. The number of aryl methyl sites for hydroxylation is 2. The van der Waals surface area contributed by atoms with Crippen LogP contribution in [0.3, 0.4) is 0 Å². The van der Waals surface area contributed by atoms with E-state index < -0.39 is 18.1 Å². The fourth-order valence-corrected chi connectivity index (χ4v) is 2.10. The number of hydrogen-bond donors (Lipinski definition) is 3. The predicted octanol–water partition coefficient (Wildman–Crippen LogP) is 1.69. The van der Waals surface area contributed by atoms with Crippen LogP contribution in [0.1, 0.15) is 41.3 Å². The summed E-state index contributed by atoms with van der Waals surface area (Å²) in [5, 5.41) is 21.1. The lowest BCUT2D eigenvalue weighted by Crippen LogP contribution is -2.41. The number of nitrogens with one attached hydrogen (secondary N) is 1. The largest absolute Gasteiger partial charge is 0.481 e. The predicted molar refractivity (Wildman–Crippen MR) is 80.6 cm³/mol. The van der Waals surface area contributed by atoms with Crippen molar-refractivity contribution in [1.82, 2.24) is 5.32 Å². The number of hydrogen-bond acceptors (Lipinski definition) is 4. The number of benzene rings is 1. The highest BCUT2D eigenvalue weighted by Gasteiger charge is 2.22. The molecule has 0 spiro atoms. The first-order valence-electron chi connectivity index (χ1n) is 7.06. The molecule has 0 aromatic heterocycles. The Morgan fingerprint density at radius 3 is 2.52 bits per heavy atom. The summed E-state index contributed by atoms with van der Waals surface area (Å²) >= 11 is 0. The van der Waals surface area contributed by atoms with Gasteiger partial charge in [-0.25, -0.2) is 0 Å². The molecule has 0 fully saturated rings. The lowest BCUT2D eigenvalue weighted by Gasteiger charge is -2.19. The van der Waals surface area contributed by atoms with E-state index in [9.17, 15) is 14.7 Å². The highest BCUT2D eigenvalue weighted by Crippen LogP contribution is 2.15. The van der Waals surface area contributed by atoms with Crippen molar-refractivity contribution in [1.29, 1.82) is 0 Å². The Balaban J connectivity index is 2.91. The lowest BCUT2D eigenvalue weighted by molar-refractivity contribution is -0.137. The molecule has 1 rings (SSSR count). The summed E-state index contributed by atoms with van der Waals surface area (Å²) in [7, 11) is 0. The molecule has 116 valence electrons. The molecule has 0 radical (unpaired) electrons. The van der Waals surface area contributed by atoms with Crippen molar-refractivity contribution < 1.29 is 19.8 Å². The molecule has 0 saturated heterocycles. The minimum Gasteiger partial charge on any atom is -0.481 e. The third-order valence-corrected chi connectivity index (χ3v) is 3.28. The number of carbonyl (C=O) groups excluding carboxylic acids is 1. The van der Waals surface area contributed by atoms with Crippen molar-refractivity contribution in [3.05, 3.63) is 34.9 Å². The molecule has 0 aliphatic heterocycles. The molecule has 2 unspecified atom stereocenters. The Hall–Kier alpha value is -1.72. The Bertz CT molecular complexity index is 511. The van der Waals surface area contributed by atoms with Crippen molar-refractivity contribution in [3.63, 3.8) is 0 Å². The summed E-state index contributed by atoms with van der Waals surface area (Å²) < 4.78 is 0. The third-order valence-electron chi connectivity index (χ3n) is 3.28. The number of aliphatic carboxylic acids is 1. The first-order valence-corrected chi connectivity index (χ1v) is 7.06. The smallest absolute Gasteiger partial charge is 0.303 e. The van der Waals surface area contributed by atoms with Gasteiger partial charge in [0.05, 0.1) is 12.1 Å². The Morgan fingerprint density at radius 2 is 1.95 bits per heavy atom. The van der Waals surface area contributed by atoms with E-state index in [0.29, 0.717) is 5.56 Å². The number of carboxylic acids is 1. The summed E-state index contributed by atoms with van der Waals surface area (Å²) in [5.41, 5.74) is 2.45. The fraction of sp³-hybridized carbons (Fsp3) is 0.500. The van der Waals surface area contributed by atoms with Gasteiger partial charge in [-0.3, -0.25) is 9.59 Å². The number of ketones is 1. The average Bonchev–Trinajstić information content (AvgIpc) is 2.40. The maximum absolute atomic E-state index is 12.6. The van der Waals surface area contributed by atoms with Gasteiger partial charge in [-0.15, -0.1) is 0 Å². The SMILES string of the molecule is Cc1ccc(C)c(C(=O)C(CCC(=O)O)NCC(C)O)c1. The zero-order chi connectivity index (χ0) is 16.0. The molecule has 5 heteroatoms. The molecular formula is C16H23NO4. The summed E-state index contributed by atoms with van der Waals surface area (Å²) in [6, 6.07) is 5.03. The molecule has 0 saturated carbocycles. The van der Waals surface area contributed by atoms with Crippen molar-refractivity contribution in [2.24, 2.45) is 0 Å². The second kappa shape index (κ2) is 7.90. The van der Waals surface area contributed by atoms with Crippen molar-refractivity contribution in [2.45, 2.75) is 45.8 Å². The van der Waals surface area contributed by atoms with Gasteiger partial charge in [0.15, 0.2) is 5.78 Å². The standard InChI is InChI=1S/C16H23NO4/c1-10-4-5-11(2)13(8-10)16(21)14(6-7-15(19)20)17-9-12(3)18/h4-5,8,12,14,17-18H,6-7,9H2,1-3H3,(H,19,20). The van der Waals surface area contributed by atoms with Crippen LogP contribution in [-0.4, -0.2) is 40.7 Å². The monoisotopic (exact) mass is 293 g/mol. The average molecular weight is 293 g/mol. The van der Waals surface area contributed by atoms with Gasteiger partial charge in [0, 0.05) is 18.5 Å². The number of Topliss-reactive ketones (excluding diaryl/α,β-unsaturated/α-hetero) is 1. The van der Waals surface area contributed by atoms with Gasteiger partial charge in [0.25, 0.3) is 0 Å². The van der Waals surface area contributed by atoms with E-state index in [1.54, 1.807) is 6.92 Å². The van der Waals surface area contributed by atoms with Gasteiger partial charge in [0.1, 0.15) is 0 Å². The molecule has 21 heavy (non-hydrogen) atoms. The van der Waals surface area contributed by atoms with E-state index in [1.807, 2.05) is 32.0 Å². The first kappa shape index (κ1) is 17.3. The van der Waals surface area contributed by atoms with Gasteiger partial charge in [-0.05, 0) is 38.8 Å². The molecule has 0 amide bonds. The summed E-state index contributed by atoms with van der Waals surface area (Å²) in [4.78, 5) is 23.3. The summed E-state index contributed by atoms with van der Waals surface area (Å²) in [5.74, 6) is -1.06. The minimum atomic E-state index is -0.937. The number of aliphatic hydroxyl groups excluding tert-OH is 1. The minimum absolute atomic E-state index is 0.0892. The fourth-order valence-electron chi connectivity index (χ4n) is 2.10. The highest BCUT2D eigenvalue weighted by atomic mass is 16.4. The molecule has 5 nitrogen and oxygen atoms in total. The second-order valence-electron chi connectivity index (χ2n) is 5.42. The maximum atomic E-state index is 12.6. The number of carboxylic acid groups (broad SMARTS) is 1. The van der Waals surface area contributed by atoms with Crippen LogP contribution in [0.4, 0.5) is 0 Å². The van der Waals surface area contributed by atoms with Crippen LogP contribution in [0.5, 0.6) is 0 Å². The van der Waals surface area contributed by atoms with E-state index in [4.69, 9.17) is 5.11 Å². The number of aliphatic hydroxyl groups is 1. The van der Waals surface area contributed by atoms with Crippen LogP contribution < -0.4 is 5.32 Å². The summed E-state index contributed by atoms with van der Waals surface area (Å²) in [6.45, 7) is 5.63. The van der Waals surface area contributed by atoms with Gasteiger partial charge in [0.2, 0.25) is 0 Å². The van der Waals surface area contributed by atoms with Crippen LogP contribution in [0.2, 0.25) is 0 Å². The van der Waals surface area contributed by atoms with E-state index in [-0.39, 0.29) is 25.2 Å². The third kappa shape index (κ3) is 5.65. The Labute approximate surface area is 125 Å². The molecule has 1 aromatic carbocycles. The van der Waals surface area contributed by atoms with E-state index in [2.05, 4.69) is 5.32 Å².